The molecule has 0 aliphatic heterocycles. The van der Waals surface area contributed by atoms with Crippen molar-refractivity contribution in [2.45, 2.75) is 26.2 Å². The summed E-state index contributed by atoms with van der Waals surface area (Å²) in [6, 6.07) is 11.5. The third-order valence-corrected chi connectivity index (χ3v) is 4.59. The van der Waals surface area contributed by atoms with Crippen LogP contribution in [-0.4, -0.2) is 34.3 Å². The van der Waals surface area contributed by atoms with Gasteiger partial charge in [0, 0.05) is 18.8 Å². The van der Waals surface area contributed by atoms with Crippen molar-refractivity contribution in [2.24, 2.45) is 5.92 Å². The Morgan fingerprint density at radius 2 is 1.91 bits per heavy atom. The van der Waals surface area contributed by atoms with Gasteiger partial charge in [0.15, 0.2) is 0 Å². The molecular weight excluding hydrogens is 274 g/mol. The molecule has 3 rings (SSSR count). The third kappa shape index (κ3) is 3.12. The van der Waals surface area contributed by atoms with Crippen molar-refractivity contribution in [3.63, 3.8) is 0 Å². The molecule has 1 aromatic carbocycles. The van der Waals surface area contributed by atoms with Gasteiger partial charge in [0.1, 0.15) is 0 Å². The Hall–Kier alpha value is -1.94. The first-order valence-electron chi connectivity index (χ1n) is 8.10. The minimum atomic E-state index is -0.0962. The molecule has 0 radical (unpaired) electrons. The first kappa shape index (κ1) is 15.0. The summed E-state index contributed by atoms with van der Waals surface area (Å²) < 4.78 is 1.43. The molecule has 1 aliphatic rings. The van der Waals surface area contributed by atoms with Crippen molar-refractivity contribution >= 4 is 0 Å². The van der Waals surface area contributed by atoms with Gasteiger partial charge in [-0.25, -0.2) is 0 Å². The number of hydrogen-bond donors (Lipinski definition) is 0. The average molecular weight is 297 g/mol. The largest absolute Gasteiger partial charge is 0.304 e. The van der Waals surface area contributed by atoms with Gasteiger partial charge in [-0.3, -0.25) is 4.79 Å². The predicted octanol–water partition coefficient (Wildman–Crippen LogP) is 2.68. The average Bonchev–Trinajstić information content (AvgIpc) is 3.32. The molecule has 1 fully saturated rings. The summed E-state index contributed by atoms with van der Waals surface area (Å²) in [5.41, 5.74) is 2.11. The molecule has 4 heteroatoms. The zero-order valence-electron chi connectivity index (χ0n) is 13.3. The third-order valence-electron chi connectivity index (χ3n) is 4.59. The van der Waals surface area contributed by atoms with Crippen LogP contribution in [0.4, 0.5) is 0 Å². The van der Waals surface area contributed by atoms with Crippen LogP contribution in [0.25, 0.3) is 5.69 Å². The van der Waals surface area contributed by atoms with Crippen molar-refractivity contribution in [1.29, 1.82) is 0 Å². The van der Waals surface area contributed by atoms with Gasteiger partial charge >= 0.3 is 0 Å². The van der Waals surface area contributed by atoms with Gasteiger partial charge in [0.25, 0.3) is 5.56 Å². The Labute approximate surface area is 131 Å². The van der Waals surface area contributed by atoms with E-state index in [0.29, 0.717) is 5.92 Å². The highest BCUT2D eigenvalue weighted by atomic mass is 16.1. The number of rotatable bonds is 6. The topological polar surface area (TPSA) is 38.1 Å². The van der Waals surface area contributed by atoms with Crippen LogP contribution in [0.5, 0.6) is 0 Å². The van der Waals surface area contributed by atoms with Crippen LogP contribution >= 0.6 is 0 Å². The quantitative estimate of drug-likeness (QED) is 0.823. The lowest BCUT2D eigenvalue weighted by Gasteiger charge is -2.17. The Balaban J connectivity index is 1.69. The van der Waals surface area contributed by atoms with Crippen molar-refractivity contribution < 1.29 is 0 Å². The summed E-state index contributed by atoms with van der Waals surface area (Å²) in [7, 11) is 0. The highest BCUT2D eigenvalue weighted by Crippen LogP contribution is 2.47. The molecule has 0 bridgehead atoms. The molecule has 2 atom stereocenters. The second-order valence-electron chi connectivity index (χ2n) is 5.95. The maximum atomic E-state index is 11.8. The Morgan fingerprint density at radius 1 is 1.18 bits per heavy atom. The van der Waals surface area contributed by atoms with Crippen LogP contribution in [0.2, 0.25) is 0 Å². The number of aromatic nitrogens is 2. The molecule has 116 valence electrons. The molecule has 0 spiro atoms. The lowest BCUT2D eigenvalue weighted by Crippen LogP contribution is -2.25. The highest BCUT2D eigenvalue weighted by Gasteiger charge is 2.38. The molecule has 0 saturated heterocycles. The Kier molecular flexibility index (Phi) is 4.39. The SMILES string of the molecule is CCN(CC)CC1CC1c1ccc(-n2ncccc2=O)cc1. The van der Waals surface area contributed by atoms with Crippen LogP contribution in [0.1, 0.15) is 31.7 Å². The van der Waals surface area contributed by atoms with Crippen molar-refractivity contribution in [3.8, 4) is 5.69 Å². The molecule has 1 aromatic heterocycles. The summed E-state index contributed by atoms with van der Waals surface area (Å²) in [6.07, 6.45) is 2.91. The normalized spacial score (nSPS) is 20.3. The van der Waals surface area contributed by atoms with Crippen LogP contribution in [0.15, 0.2) is 47.4 Å². The minimum absolute atomic E-state index is 0.0962. The van der Waals surface area contributed by atoms with E-state index in [2.05, 4.69) is 36.0 Å². The zero-order chi connectivity index (χ0) is 15.5. The van der Waals surface area contributed by atoms with E-state index in [-0.39, 0.29) is 5.56 Å². The van der Waals surface area contributed by atoms with Crippen LogP contribution in [0.3, 0.4) is 0 Å². The Morgan fingerprint density at radius 3 is 2.55 bits per heavy atom. The molecule has 2 unspecified atom stereocenters. The van der Waals surface area contributed by atoms with Gasteiger partial charge in [-0.05, 0) is 55.1 Å². The van der Waals surface area contributed by atoms with E-state index in [1.165, 1.54) is 29.3 Å². The molecule has 0 amide bonds. The van der Waals surface area contributed by atoms with Gasteiger partial charge in [-0.15, -0.1) is 0 Å². The van der Waals surface area contributed by atoms with E-state index in [1.807, 2.05) is 12.1 Å². The number of benzene rings is 1. The Bertz CT molecular complexity index is 673. The second-order valence-corrected chi connectivity index (χ2v) is 5.95. The molecule has 1 aliphatic carbocycles. The summed E-state index contributed by atoms with van der Waals surface area (Å²) in [4.78, 5) is 14.3. The summed E-state index contributed by atoms with van der Waals surface area (Å²) in [5.74, 6) is 1.46. The van der Waals surface area contributed by atoms with Crippen molar-refractivity contribution in [1.82, 2.24) is 14.7 Å². The summed E-state index contributed by atoms with van der Waals surface area (Å²) in [6.45, 7) is 7.89. The second kappa shape index (κ2) is 6.44. The number of nitrogens with zero attached hydrogens (tertiary/aromatic N) is 3. The van der Waals surface area contributed by atoms with Gasteiger partial charge in [-0.1, -0.05) is 26.0 Å². The maximum absolute atomic E-state index is 11.8. The predicted molar refractivity (Wildman–Crippen MR) is 88.5 cm³/mol. The molecule has 1 heterocycles. The van der Waals surface area contributed by atoms with E-state index >= 15 is 0 Å². The van der Waals surface area contributed by atoms with Gasteiger partial charge in [0.2, 0.25) is 0 Å². The van der Waals surface area contributed by atoms with E-state index < -0.39 is 0 Å². The monoisotopic (exact) mass is 297 g/mol. The lowest BCUT2D eigenvalue weighted by molar-refractivity contribution is 0.289. The van der Waals surface area contributed by atoms with E-state index in [1.54, 1.807) is 12.3 Å². The van der Waals surface area contributed by atoms with E-state index in [9.17, 15) is 4.79 Å². The van der Waals surface area contributed by atoms with Gasteiger partial charge in [-0.2, -0.15) is 9.78 Å². The molecule has 4 nitrogen and oxygen atoms in total. The van der Waals surface area contributed by atoms with Crippen LogP contribution in [-0.2, 0) is 0 Å². The van der Waals surface area contributed by atoms with Gasteiger partial charge < -0.3 is 4.90 Å². The van der Waals surface area contributed by atoms with E-state index in [0.717, 1.165) is 24.7 Å². The first-order valence-corrected chi connectivity index (χ1v) is 8.10. The molecule has 22 heavy (non-hydrogen) atoms. The molecular formula is C18H23N3O. The standard InChI is InChI=1S/C18H23N3O/c1-3-20(4-2)13-15-12-17(15)14-7-9-16(10-8-14)21-18(22)6-5-11-19-21/h5-11,15,17H,3-4,12-13H2,1-2H3. The zero-order valence-corrected chi connectivity index (χ0v) is 13.3. The summed E-state index contributed by atoms with van der Waals surface area (Å²) >= 11 is 0. The van der Waals surface area contributed by atoms with Crippen molar-refractivity contribution in [2.75, 3.05) is 19.6 Å². The molecule has 2 aromatic rings. The smallest absolute Gasteiger partial charge is 0.271 e. The maximum Gasteiger partial charge on any atom is 0.271 e. The molecule has 0 N–H and O–H groups in total. The first-order chi connectivity index (χ1) is 10.7. The fraction of sp³-hybridized carbons (Fsp3) is 0.444. The molecule has 1 saturated carbocycles. The fourth-order valence-corrected chi connectivity index (χ4v) is 3.09. The van der Waals surface area contributed by atoms with Crippen molar-refractivity contribution in [3.05, 3.63) is 58.5 Å². The lowest BCUT2D eigenvalue weighted by atomic mass is 10.1. The minimum Gasteiger partial charge on any atom is -0.304 e. The van der Waals surface area contributed by atoms with Crippen LogP contribution < -0.4 is 5.56 Å². The van der Waals surface area contributed by atoms with Gasteiger partial charge in [0.05, 0.1) is 5.69 Å². The number of hydrogen-bond acceptors (Lipinski definition) is 3. The van der Waals surface area contributed by atoms with E-state index in [4.69, 9.17) is 0 Å². The fourth-order valence-electron chi connectivity index (χ4n) is 3.09. The van der Waals surface area contributed by atoms with Crippen LogP contribution in [0, 0.1) is 5.92 Å². The summed E-state index contributed by atoms with van der Waals surface area (Å²) in [5, 5.41) is 4.11. The highest BCUT2D eigenvalue weighted by molar-refractivity contribution is 5.37.